The third-order valence-corrected chi connectivity index (χ3v) is 3.06. The Kier molecular flexibility index (Phi) is 4.20. The third kappa shape index (κ3) is 2.82. The van der Waals surface area contributed by atoms with E-state index in [-0.39, 0.29) is 0 Å². The normalized spacial score (nSPS) is 10.6. The van der Waals surface area contributed by atoms with Gasteiger partial charge in [0.2, 0.25) is 0 Å². The largest absolute Gasteiger partial charge is 0.472 e. The Morgan fingerprint density at radius 3 is 2.89 bits per heavy atom. The molecule has 4 nitrogen and oxygen atoms in total. The smallest absolute Gasteiger partial charge is 0.137 e. The van der Waals surface area contributed by atoms with Crippen molar-refractivity contribution >= 4 is 17.4 Å². The van der Waals surface area contributed by atoms with Crippen LogP contribution in [0.4, 0.5) is 5.82 Å². The van der Waals surface area contributed by atoms with Gasteiger partial charge in [-0.15, -0.1) is 0 Å². The number of rotatable bonds is 5. The van der Waals surface area contributed by atoms with E-state index in [2.05, 4.69) is 21.8 Å². The van der Waals surface area contributed by atoms with Crippen molar-refractivity contribution in [2.24, 2.45) is 0 Å². The number of hydrogen-bond acceptors (Lipinski definition) is 4. The van der Waals surface area contributed by atoms with Gasteiger partial charge in [-0.3, -0.25) is 0 Å². The summed E-state index contributed by atoms with van der Waals surface area (Å²) in [6, 6.07) is 1.94. The zero-order chi connectivity index (χ0) is 13.0. The standard InChI is InChI=1S/C13H16ClN3O/c1-3-4-11-12(14)15-9-16-13(11)17(2)7-10-5-6-18-8-10/h5-6,8-9H,3-4,7H2,1-2H3. The first-order chi connectivity index (χ1) is 8.72. The van der Waals surface area contributed by atoms with E-state index in [0.29, 0.717) is 5.15 Å². The lowest BCUT2D eigenvalue weighted by Crippen LogP contribution is -2.19. The molecule has 0 bridgehead atoms. The van der Waals surface area contributed by atoms with E-state index in [1.807, 2.05) is 13.1 Å². The van der Waals surface area contributed by atoms with E-state index in [9.17, 15) is 0 Å². The van der Waals surface area contributed by atoms with E-state index < -0.39 is 0 Å². The van der Waals surface area contributed by atoms with Crippen molar-refractivity contribution in [3.63, 3.8) is 0 Å². The molecule has 0 radical (unpaired) electrons. The molecule has 5 heteroatoms. The molecule has 0 aromatic carbocycles. The summed E-state index contributed by atoms with van der Waals surface area (Å²) in [4.78, 5) is 10.4. The van der Waals surface area contributed by atoms with Crippen LogP contribution in [0.15, 0.2) is 29.3 Å². The Hall–Kier alpha value is -1.55. The highest BCUT2D eigenvalue weighted by Crippen LogP contribution is 2.25. The summed E-state index contributed by atoms with van der Waals surface area (Å²) in [6.45, 7) is 2.85. The molecule has 18 heavy (non-hydrogen) atoms. The Balaban J connectivity index is 2.23. The van der Waals surface area contributed by atoms with Crippen LogP contribution in [0.1, 0.15) is 24.5 Å². The van der Waals surface area contributed by atoms with E-state index in [4.69, 9.17) is 16.0 Å². The number of halogens is 1. The molecular weight excluding hydrogens is 250 g/mol. The van der Waals surface area contributed by atoms with Gasteiger partial charge in [-0.1, -0.05) is 24.9 Å². The highest BCUT2D eigenvalue weighted by molar-refractivity contribution is 6.30. The van der Waals surface area contributed by atoms with Crippen molar-refractivity contribution in [3.05, 3.63) is 41.2 Å². The van der Waals surface area contributed by atoms with Crippen LogP contribution in [0, 0.1) is 0 Å². The SMILES string of the molecule is CCCc1c(Cl)ncnc1N(C)Cc1ccoc1. The van der Waals surface area contributed by atoms with Crippen LogP contribution in [0.2, 0.25) is 5.15 Å². The summed E-state index contributed by atoms with van der Waals surface area (Å²) in [6.07, 6.45) is 6.80. The third-order valence-electron chi connectivity index (χ3n) is 2.73. The maximum atomic E-state index is 6.14. The van der Waals surface area contributed by atoms with Crippen LogP contribution < -0.4 is 4.90 Å². The van der Waals surface area contributed by atoms with Gasteiger partial charge in [0, 0.05) is 24.7 Å². The average molecular weight is 266 g/mol. The van der Waals surface area contributed by atoms with Crippen molar-refractivity contribution in [3.8, 4) is 0 Å². The Morgan fingerprint density at radius 1 is 1.39 bits per heavy atom. The molecule has 2 aromatic heterocycles. The fraction of sp³-hybridized carbons (Fsp3) is 0.385. The van der Waals surface area contributed by atoms with E-state index in [0.717, 1.165) is 36.3 Å². The molecule has 0 amide bonds. The first kappa shape index (κ1) is 12.9. The van der Waals surface area contributed by atoms with E-state index >= 15 is 0 Å². The highest BCUT2D eigenvalue weighted by atomic mass is 35.5. The molecule has 2 aromatic rings. The summed E-state index contributed by atoms with van der Waals surface area (Å²) in [5.74, 6) is 0.887. The topological polar surface area (TPSA) is 42.2 Å². The number of anilines is 1. The van der Waals surface area contributed by atoms with Gasteiger partial charge in [0.05, 0.1) is 12.5 Å². The number of nitrogens with zero attached hydrogens (tertiary/aromatic N) is 3. The Bertz CT molecular complexity index is 499. The minimum Gasteiger partial charge on any atom is -0.472 e. The summed E-state index contributed by atoms with van der Waals surface area (Å²) < 4.78 is 5.07. The predicted octanol–water partition coefficient (Wildman–Crippen LogP) is 3.31. The quantitative estimate of drug-likeness (QED) is 0.778. The highest BCUT2D eigenvalue weighted by Gasteiger charge is 2.13. The van der Waals surface area contributed by atoms with Crippen LogP contribution >= 0.6 is 11.6 Å². The second-order valence-electron chi connectivity index (χ2n) is 4.20. The van der Waals surface area contributed by atoms with Gasteiger partial charge >= 0.3 is 0 Å². The molecule has 96 valence electrons. The minimum atomic E-state index is 0.542. The molecule has 0 saturated heterocycles. The first-order valence-corrected chi connectivity index (χ1v) is 6.31. The lowest BCUT2D eigenvalue weighted by molar-refractivity contribution is 0.563. The van der Waals surface area contributed by atoms with Gasteiger partial charge < -0.3 is 9.32 Å². The Morgan fingerprint density at radius 2 is 2.22 bits per heavy atom. The number of furan rings is 1. The van der Waals surface area contributed by atoms with Crippen molar-refractivity contribution < 1.29 is 4.42 Å². The Labute approximate surface area is 112 Å². The maximum Gasteiger partial charge on any atom is 0.137 e. The molecule has 0 aliphatic carbocycles. The predicted molar refractivity (Wildman–Crippen MR) is 71.9 cm³/mol. The molecule has 0 atom stereocenters. The molecule has 0 aliphatic rings. The van der Waals surface area contributed by atoms with Crippen LogP contribution in [0.3, 0.4) is 0 Å². The molecule has 0 spiro atoms. The van der Waals surface area contributed by atoms with Gasteiger partial charge in [0.1, 0.15) is 17.3 Å². The zero-order valence-electron chi connectivity index (χ0n) is 10.6. The minimum absolute atomic E-state index is 0.542. The van der Waals surface area contributed by atoms with Crippen LogP contribution in [0.5, 0.6) is 0 Å². The number of aromatic nitrogens is 2. The molecule has 0 aliphatic heterocycles. The second kappa shape index (κ2) is 5.87. The molecule has 0 N–H and O–H groups in total. The van der Waals surface area contributed by atoms with Gasteiger partial charge in [-0.25, -0.2) is 9.97 Å². The summed E-state index contributed by atoms with van der Waals surface area (Å²) in [5.41, 5.74) is 2.11. The van der Waals surface area contributed by atoms with E-state index in [1.165, 1.54) is 6.33 Å². The first-order valence-electron chi connectivity index (χ1n) is 5.94. The molecule has 0 fully saturated rings. The van der Waals surface area contributed by atoms with Gasteiger partial charge in [-0.2, -0.15) is 0 Å². The van der Waals surface area contributed by atoms with Crippen molar-refractivity contribution in [2.75, 3.05) is 11.9 Å². The summed E-state index contributed by atoms with van der Waals surface area (Å²) in [7, 11) is 1.99. The van der Waals surface area contributed by atoms with Gasteiger partial charge in [0.25, 0.3) is 0 Å². The molecule has 2 rings (SSSR count). The second-order valence-corrected chi connectivity index (χ2v) is 4.56. The van der Waals surface area contributed by atoms with Crippen molar-refractivity contribution in [1.29, 1.82) is 0 Å². The van der Waals surface area contributed by atoms with Crippen molar-refractivity contribution in [1.82, 2.24) is 9.97 Å². The zero-order valence-corrected chi connectivity index (χ0v) is 11.3. The van der Waals surface area contributed by atoms with E-state index in [1.54, 1.807) is 12.5 Å². The average Bonchev–Trinajstić information content (AvgIpc) is 2.84. The van der Waals surface area contributed by atoms with Gasteiger partial charge in [-0.05, 0) is 12.5 Å². The lowest BCUT2D eigenvalue weighted by Gasteiger charge is -2.20. The van der Waals surface area contributed by atoms with Crippen LogP contribution in [0.25, 0.3) is 0 Å². The van der Waals surface area contributed by atoms with Crippen LogP contribution in [-0.4, -0.2) is 17.0 Å². The fourth-order valence-corrected chi connectivity index (χ4v) is 2.13. The molecular formula is C13H16ClN3O. The maximum absolute atomic E-state index is 6.14. The monoisotopic (exact) mass is 265 g/mol. The summed E-state index contributed by atoms with van der Waals surface area (Å²) in [5, 5.41) is 0.542. The van der Waals surface area contributed by atoms with Crippen molar-refractivity contribution in [2.45, 2.75) is 26.3 Å². The van der Waals surface area contributed by atoms with Gasteiger partial charge in [0.15, 0.2) is 0 Å². The molecule has 0 saturated carbocycles. The fourth-order valence-electron chi connectivity index (χ4n) is 1.91. The number of hydrogen-bond donors (Lipinski definition) is 0. The lowest BCUT2D eigenvalue weighted by atomic mass is 10.1. The molecule has 0 unspecified atom stereocenters. The molecule has 2 heterocycles. The van der Waals surface area contributed by atoms with Crippen LogP contribution in [-0.2, 0) is 13.0 Å². The summed E-state index contributed by atoms with van der Waals surface area (Å²) >= 11 is 6.14.